The van der Waals surface area contributed by atoms with Gasteiger partial charge in [0.15, 0.2) is 0 Å². The van der Waals surface area contributed by atoms with Crippen molar-refractivity contribution in [2.24, 2.45) is 5.92 Å². The summed E-state index contributed by atoms with van der Waals surface area (Å²) in [6, 6.07) is 7.49. The van der Waals surface area contributed by atoms with Gasteiger partial charge in [-0.3, -0.25) is 4.79 Å². The number of anilines is 2. The minimum Gasteiger partial charge on any atom is -0.399 e. The van der Waals surface area contributed by atoms with E-state index in [1.165, 1.54) is 25.7 Å². The standard InChI is InChI=1S/C15H22N2O/c1-17(14-10-8-13(16)9-11-14)15(18)12-6-4-2-3-5-7-12/h8-12H,2-7,16H2,1H3. The Morgan fingerprint density at radius 2 is 1.67 bits per heavy atom. The van der Waals surface area contributed by atoms with E-state index in [1.807, 2.05) is 31.3 Å². The Bertz CT molecular complexity index is 391. The van der Waals surface area contributed by atoms with Crippen molar-refractivity contribution in [1.82, 2.24) is 0 Å². The van der Waals surface area contributed by atoms with Crippen LogP contribution in [-0.2, 0) is 4.79 Å². The summed E-state index contributed by atoms with van der Waals surface area (Å²) in [6.45, 7) is 0. The topological polar surface area (TPSA) is 46.3 Å². The third kappa shape index (κ3) is 3.03. The van der Waals surface area contributed by atoms with Gasteiger partial charge >= 0.3 is 0 Å². The van der Waals surface area contributed by atoms with Crippen LogP contribution in [-0.4, -0.2) is 13.0 Å². The van der Waals surface area contributed by atoms with Gasteiger partial charge in [0.2, 0.25) is 5.91 Å². The van der Waals surface area contributed by atoms with Gasteiger partial charge in [-0.2, -0.15) is 0 Å². The summed E-state index contributed by atoms with van der Waals surface area (Å²) >= 11 is 0. The Morgan fingerprint density at radius 1 is 1.11 bits per heavy atom. The lowest BCUT2D eigenvalue weighted by Gasteiger charge is -2.23. The molecule has 0 spiro atoms. The zero-order valence-electron chi connectivity index (χ0n) is 11.1. The Kier molecular flexibility index (Phi) is 4.24. The van der Waals surface area contributed by atoms with Crippen molar-refractivity contribution in [3.8, 4) is 0 Å². The van der Waals surface area contributed by atoms with Crippen LogP contribution < -0.4 is 10.6 Å². The first kappa shape index (κ1) is 12.9. The van der Waals surface area contributed by atoms with Gasteiger partial charge in [-0.15, -0.1) is 0 Å². The van der Waals surface area contributed by atoms with Crippen molar-refractivity contribution >= 4 is 17.3 Å². The second kappa shape index (κ2) is 5.89. The third-order valence-electron chi connectivity index (χ3n) is 3.82. The number of nitrogen functional groups attached to an aromatic ring is 1. The highest BCUT2D eigenvalue weighted by Crippen LogP contribution is 2.26. The molecule has 1 fully saturated rings. The number of rotatable bonds is 2. The number of hydrogen-bond donors (Lipinski definition) is 1. The molecule has 3 nitrogen and oxygen atoms in total. The molecule has 0 aliphatic heterocycles. The summed E-state index contributed by atoms with van der Waals surface area (Å²) in [5.74, 6) is 0.455. The first-order valence-corrected chi connectivity index (χ1v) is 6.81. The van der Waals surface area contributed by atoms with Gasteiger partial charge in [-0.1, -0.05) is 25.7 Å². The smallest absolute Gasteiger partial charge is 0.229 e. The average Bonchev–Trinajstić information content (AvgIpc) is 2.67. The molecular formula is C15H22N2O. The van der Waals surface area contributed by atoms with E-state index in [9.17, 15) is 4.79 Å². The van der Waals surface area contributed by atoms with Gasteiger partial charge in [-0.05, 0) is 37.1 Å². The van der Waals surface area contributed by atoms with E-state index in [0.29, 0.717) is 0 Å². The number of nitrogens with zero attached hydrogens (tertiary/aromatic N) is 1. The molecule has 1 aliphatic carbocycles. The molecule has 1 aromatic carbocycles. The lowest BCUT2D eigenvalue weighted by Crippen LogP contribution is -2.32. The van der Waals surface area contributed by atoms with Gasteiger partial charge in [0.05, 0.1) is 0 Å². The second-order valence-corrected chi connectivity index (χ2v) is 5.18. The summed E-state index contributed by atoms with van der Waals surface area (Å²) in [6.07, 6.45) is 7.00. The van der Waals surface area contributed by atoms with Gasteiger partial charge < -0.3 is 10.6 Å². The molecule has 18 heavy (non-hydrogen) atoms. The lowest BCUT2D eigenvalue weighted by atomic mass is 9.98. The molecule has 0 bridgehead atoms. The van der Waals surface area contributed by atoms with E-state index in [-0.39, 0.29) is 11.8 Å². The Balaban J connectivity index is 2.05. The Labute approximate surface area is 109 Å². The van der Waals surface area contributed by atoms with Crippen LogP contribution in [0.3, 0.4) is 0 Å². The molecule has 1 aliphatic rings. The van der Waals surface area contributed by atoms with Crippen LogP contribution in [0.25, 0.3) is 0 Å². The fraction of sp³-hybridized carbons (Fsp3) is 0.533. The minimum atomic E-state index is 0.204. The number of carbonyl (C=O) groups excluding carboxylic acids is 1. The van der Waals surface area contributed by atoms with Crippen molar-refractivity contribution in [2.75, 3.05) is 17.7 Å². The van der Waals surface area contributed by atoms with Crippen LogP contribution in [0, 0.1) is 5.92 Å². The molecule has 0 saturated heterocycles. The molecule has 1 saturated carbocycles. The number of amides is 1. The maximum Gasteiger partial charge on any atom is 0.229 e. The zero-order chi connectivity index (χ0) is 13.0. The van der Waals surface area contributed by atoms with Crippen molar-refractivity contribution < 1.29 is 4.79 Å². The van der Waals surface area contributed by atoms with Crippen molar-refractivity contribution in [3.05, 3.63) is 24.3 Å². The molecule has 0 radical (unpaired) electrons. The molecule has 1 aromatic rings. The normalized spacial score (nSPS) is 17.2. The molecule has 3 heteroatoms. The van der Waals surface area contributed by atoms with Crippen LogP contribution >= 0.6 is 0 Å². The fourth-order valence-corrected chi connectivity index (χ4v) is 2.63. The summed E-state index contributed by atoms with van der Waals surface area (Å²) in [5.41, 5.74) is 7.32. The SMILES string of the molecule is CN(C(=O)C1CCCCCC1)c1ccc(N)cc1. The van der Waals surface area contributed by atoms with Gasteiger partial charge in [0.1, 0.15) is 0 Å². The highest BCUT2D eigenvalue weighted by molar-refractivity contribution is 5.94. The average molecular weight is 246 g/mol. The molecular weight excluding hydrogens is 224 g/mol. The van der Waals surface area contributed by atoms with Crippen LogP contribution in [0.2, 0.25) is 0 Å². The van der Waals surface area contributed by atoms with Crippen LogP contribution in [0.4, 0.5) is 11.4 Å². The molecule has 0 heterocycles. The molecule has 0 aromatic heterocycles. The lowest BCUT2D eigenvalue weighted by molar-refractivity contribution is -0.122. The maximum atomic E-state index is 12.4. The van der Waals surface area contributed by atoms with Crippen molar-refractivity contribution in [2.45, 2.75) is 38.5 Å². The predicted molar refractivity (Wildman–Crippen MR) is 75.5 cm³/mol. The number of hydrogen-bond acceptors (Lipinski definition) is 2. The van der Waals surface area contributed by atoms with Crippen molar-refractivity contribution in [3.63, 3.8) is 0 Å². The van der Waals surface area contributed by atoms with E-state index in [4.69, 9.17) is 5.73 Å². The van der Waals surface area contributed by atoms with E-state index in [1.54, 1.807) is 4.90 Å². The van der Waals surface area contributed by atoms with Crippen LogP contribution in [0.15, 0.2) is 24.3 Å². The van der Waals surface area contributed by atoms with Gasteiger partial charge in [-0.25, -0.2) is 0 Å². The molecule has 2 N–H and O–H groups in total. The van der Waals surface area contributed by atoms with Crippen molar-refractivity contribution in [1.29, 1.82) is 0 Å². The monoisotopic (exact) mass is 246 g/mol. The summed E-state index contributed by atoms with van der Waals surface area (Å²) in [7, 11) is 1.86. The van der Waals surface area contributed by atoms with Gasteiger partial charge in [0, 0.05) is 24.3 Å². The highest BCUT2D eigenvalue weighted by atomic mass is 16.2. The number of carbonyl (C=O) groups is 1. The zero-order valence-corrected chi connectivity index (χ0v) is 11.1. The van der Waals surface area contributed by atoms with E-state index >= 15 is 0 Å². The Morgan fingerprint density at radius 3 is 2.22 bits per heavy atom. The molecule has 0 unspecified atom stereocenters. The maximum absolute atomic E-state index is 12.4. The first-order chi connectivity index (χ1) is 8.68. The van der Waals surface area contributed by atoms with Crippen LogP contribution in [0.1, 0.15) is 38.5 Å². The van der Waals surface area contributed by atoms with E-state index in [0.717, 1.165) is 24.2 Å². The molecule has 1 amide bonds. The van der Waals surface area contributed by atoms with Gasteiger partial charge in [0.25, 0.3) is 0 Å². The number of nitrogens with two attached hydrogens (primary N) is 1. The summed E-state index contributed by atoms with van der Waals surface area (Å²) in [4.78, 5) is 14.2. The van der Waals surface area contributed by atoms with E-state index < -0.39 is 0 Å². The van der Waals surface area contributed by atoms with E-state index in [2.05, 4.69) is 0 Å². The molecule has 0 atom stereocenters. The summed E-state index contributed by atoms with van der Waals surface area (Å²) < 4.78 is 0. The molecule has 98 valence electrons. The first-order valence-electron chi connectivity index (χ1n) is 6.81. The quantitative estimate of drug-likeness (QED) is 0.643. The fourth-order valence-electron chi connectivity index (χ4n) is 2.63. The summed E-state index contributed by atoms with van der Waals surface area (Å²) in [5, 5.41) is 0. The largest absolute Gasteiger partial charge is 0.399 e. The highest BCUT2D eigenvalue weighted by Gasteiger charge is 2.23. The number of benzene rings is 1. The molecule has 2 rings (SSSR count). The Hall–Kier alpha value is -1.51. The third-order valence-corrected chi connectivity index (χ3v) is 3.82. The second-order valence-electron chi connectivity index (χ2n) is 5.18. The predicted octanol–water partition coefficient (Wildman–Crippen LogP) is 3.20. The van der Waals surface area contributed by atoms with Crippen LogP contribution in [0.5, 0.6) is 0 Å². The minimum absolute atomic E-state index is 0.204.